The molecule has 0 spiro atoms. The normalized spacial score (nSPS) is 10.6. The summed E-state index contributed by atoms with van der Waals surface area (Å²) in [6, 6.07) is 12.3. The summed E-state index contributed by atoms with van der Waals surface area (Å²) >= 11 is 6.00. The first-order valence-electron chi connectivity index (χ1n) is 8.80. The Morgan fingerprint density at radius 2 is 1.86 bits per heavy atom. The van der Waals surface area contributed by atoms with E-state index < -0.39 is 5.97 Å². The van der Waals surface area contributed by atoms with Gasteiger partial charge in [0.1, 0.15) is 5.56 Å². The summed E-state index contributed by atoms with van der Waals surface area (Å²) in [4.78, 5) is 24.5. The van der Waals surface area contributed by atoms with Crippen LogP contribution in [-0.4, -0.2) is 28.3 Å². The number of amides is 1. The number of hydrogen-bond acceptors (Lipinski definition) is 4. The lowest BCUT2D eigenvalue weighted by molar-refractivity contribution is 0.0525. The Hall–Kier alpha value is -3.12. The summed E-state index contributed by atoms with van der Waals surface area (Å²) in [7, 11) is 0. The molecule has 3 aromatic rings. The molecule has 0 saturated heterocycles. The second kappa shape index (κ2) is 8.27. The minimum atomic E-state index is -0.404. The summed E-state index contributed by atoms with van der Waals surface area (Å²) in [6.45, 7) is 5.75. The number of hydrogen-bond donors (Lipinski definition) is 1. The number of nitrogens with one attached hydrogen (secondary N) is 1. The van der Waals surface area contributed by atoms with Gasteiger partial charge in [0.05, 0.1) is 24.2 Å². The summed E-state index contributed by atoms with van der Waals surface area (Å²) in [5, 5.41) is 7.68. The zero-order chi connectivity index (χ0) is 20.3. The smallest absolute Gasteiger partial charge is 0.341 e. The van der Waals surface area contributed by atoms with Crippen LogP contribution in [0, 0.1) is 13.8 Å². The van der Waals surface area contributed by atoms with Crippen molar-refractivity contribution in [2.45, 2.75) is 20.8 Å². The number of aromatic nitrogens is 2. The molecule has 0 aliphatic carbocycles. The van der Waals surface area contributed by atoms with Crippen LogP contribution in [0.4, 0.5) is 5.69 Å². The highest BCUT2D eigenvalue weighted by Gasteiger charge is 2.16. The molecule has 1 amide bonds. The molecule has 0 fully saturated rings. The second-order valence-electron chi connectivity index (χ2n) is 6.24. The number of nitrogens with zero attached hydrogens (tertiary/aromatic N) is 2. The fourth-order valence-electron chi connectivity index (χ4n) is 2.76. The molecular weight excluding hydrogens is 378 g/mol. The van der Waals surface area contributed by atoms with Gasteiger partial charge in [0.15, 0.2) is 0 Å². The summed E-state index contributed by atoms with van der Waals surface area (Å²) < 4.78 is 6.66. The van der Waals surface area contributed by atoms with Gasteiger partial charge in [0.2, 0.25) is 0 Å². The lowest BCUT2D eigenvalue weighted by atomic mass is 10.1. The van der Waals surface area contributed by atoms with Crippen LogP contribution in [0.1, 0.15) is 38.9 Å². The Morgan fingerprint density at radius 1 is 1.14 bits per heavy atom. The lowest BCUT2D eigenvalue weighted by Crippen LogP contribution is -2.13. The molecule has 0 aliphatic rings. The molecule has 0 bridgehead atoms. The number of aryl methyl sites for hydroxylation is 1. The highest BCUT2D eigenvalue weighted by molar-refractivity contribution is 6.31. The molecule has 1 aromatic heterocycles. The Kier molecular flexibility index (Phi) is 5.80. The first-order valence-corrected chi connectivity index (χ1v) is 9.18. The monoisotopic (exact) mass is 397 g/mol. The van der Waals surface area contributed by atoms with Crippen molar-refractivity contribution < 1.29 is 14.3 Å². The van der Waals surface area contributed by atoms with E-state index in [0.29, 0.717) is 34.1 Å². The Bertz CT molecular complexity index is 1030. The zero-order valence-corrected chi connectivity index (χ0v) is 16.6. The lowest BCUT2D eigenvalue weighted by Gasteiger charge is -2.10. The van der Waals surface area contributed by atoms with Crippen LogP contribution in [0.15, 0.2) is 48.7 Å². The molecule has 1 heterocycles. The molecule has 6 nitrogen and oxygen atoms in total. The molecular formula is C21H20ClN3O3. The van der Waals surface area contributed by atoms with Gasteiger partial charge in [0, 0.05) is 16.3 Å². The van der Waals surface area contributed by atoms with Crippen LogP contribution in [0.2, 0.25) is 5.02 Å². The highest BCUT2D eigenvalue weighted by Crippen LogP contribution is 2.21. The molecule has 0 unspecified atom stereocenters. The van der Waals surface area contributed by atoms with E-state index in [1.807, 2.05) is 13.0 Å². The molecule has 0 radical (unpaired) electrons. The second-order valence-corrected chi connectivity index (χ2v) is 6.67. The summed E-state index contributed by atoms with van der Waals surface area (Å²) in [5.74, 6) is -0.638. The van der Waals surface area contributed by atoms with Crippen molar-refractivity contribution >= 4 is 29.2 Å². The topological polar surface area (TPSA) is 73.2 Å². The fraction of sp³-hybridized carbons (Fsp3) is 0.190. The van der Waals surface area contributed by atoms with E-state index in [9.17, 15) is 9.59 Å². The van der Waals surface area contributed by atoms with Gasteiger partial charge in [-0.15, -0.1) is 0 Å². The maximum Gasteiger partial charge on any atom is 0.341 e. The number of ether oxygens (including phenoxy) is 1. The third kappa shape index (κ3) is 4.07. The molecule has 2 aromatic carbocycles. The maximum atomic E-state index is 12.5. The number of benzene rings is 2. The minimum Gasteiger partial charge on any atom is -0.462 e. The average molecular weight is 398 g/mol. The van der Waals surface area contributed by atoms with Gasteiger partial charge < -0.3 is 10.1 Å². The van der Waals surface area contributed by atoms with Crippen molar-refractivity contribution in [2.75, 3.05) is 11.9 Å². The van der Waals surface area contributed by atoms with Crippen LogP contribution < -0.4 is 5.32 Å². The molecule has 144 valence electrons. The summed E-state index contributed by atoms with van der Waals surface area (Å²) in [5.41, 5.74) is 3.92. The van der Waals surface area contributed by atoms with Gasteiger partial charge in [-0.3, -0.25) is 4.79 Å². The zero-order valence-electron chi connectivity index (χ0n) is 15.8. The average Bonchev–Trinajstić information content (AvgIpc) is 3.06. The molecule has 0 aliphatic heterocycles. The van der Waals surface area contributed by atoms with Gasteiger partial charge in [-0.25, -0.2) is 9.48 Å². The Labute approximate surface area is 168 Å². The molecule has 1 N–H and O–H groups in total. The van der Waals surface area contributed by atoms with E-state index in [2.05, 4.69) is 10.4 Å². The Balaban J connectivity index is 1.79. The van der Waals surface area contributed by atoms with Crippen LogP contribution in [0.3, 0.4) is 0 Å². The largest absolute Gasteiger partial charge is 0.462 e. The van der Waals surface area contributed by atoms with Crippen molar-refractivity contribution in [3.05, 3.63) is 76.1 Å². The summed E-state index contributed by atoms with van der Waals surface area (Å²) in [6.07, 6.45) is 1.48. The van der Waals surface area contributed by atoms with Gasteiger partial charge in [-0.2, -0.15) is 5.10 Å². The van der Waals surface area contributed by atoms with E-state index in [1.54, 1.807) is 54.9 Å². The van der Waals surface area contributed by atoms with Crippen molar-refractivity contribution in [2.24, 2.45) is 0 Å². The molecule has 28 heavy (non-hydrogen) atoms. The highest BCUT2D eigenvalue weighted by atomic mass is 35.5. The van der Waals surface area contributed by atoms with E-state index in [-0.39, 0.29) is 5.91 Å². The van der Waals surface area contributed by atoms with Gasteiger partial charge in [-0.05, 0) is 62.7 Å². The first-order chi connectivity index (χ1) is 13.4. The Morgan fingerprint density at radius 3 is 2.54 bits per heavy atom. The number of esters is 1. The standard InChI is InChI=1S/C21H20ClN3O3/c1-4-28-21(27)18-12-23-25(14(18)3)17-9-6-15(7-10-17)20(26)24-19-11-16(22)8-5-13(19)2/h5-12H,4H2,1-3H3,(H,24,26). The SMILES string of the molecule is CCOC(=O)c1cnn(-c2ccc(C(=O)Nc3cc(Cl)ccc3C)cc2)c1C. The fourth-order valence-corrected chi connectivity index (χ4v) is 2.93. The number of rotatable bonds is 5. The van der Waals surface area contributed by atoms with Crippen LogP contribution in [0.5, 0.6) is 0 Å². The van der Waals surface area contributed by atoms with Crippen molar-refractivity contribution in [3.8, 4) is 5.69 Å². The third-order valence-electron chi connectivity index (χ3n) is 4.33. The molecule has 3 rings (SSSR count). The van der Waals surface area contributed by atoms with E-state index in [0.717, 1.165) is 11.3 Å². The van der Waals surface area contributed by atoms with Crippen LogP contribution in [-0.2, 0) is 4.74 Å². The molecule has 7 heteroatoms. The third-order valence-corrected chi connectivity index (χ3v) is 4.56. The van der Waals surface area contributed by atoms with Crippen molar-refractivity contribution in [1.82, 2.24) is 9.78 Å². The quantitative estimate of drug-likeness (QED) is 0.640. The van der Waals surface area contributed by atoms with Gasteiger partial charge in [-0.1, -0.05) is 17.7 Å². The van der Waals surface area contributed by atoms with Crippen molar-refractivity contribution in [3.63, 3.8) is 0 Å². The van der Waals surface area contributed by atoms with E-state index in [4.69, 9.17) is 16.3 Å². The van der Waals surface area contributed by atoms with Crippen LogP contribution in [0.25, 0.3) is 5.69 Å². The minimum absolute atomic E-state index is 0.235. The number of carbonyl (C=O) groups excluding carboxylic acids is 2. The van der Waals surface area contributed by atoms with E-state index >= 15 is 0 Å². The van der Waals surface area contributed by atoms with E-state index in [1.165, 1.54) is 6.20 Å². The van der Waals surface area contributed by atoms with Gasteiger partial charge in [0.25, 0.3) is 5.91 Å². The van der Waals surface area contributed by atoms with Gasteiger partial charge >= 0.3 is 5.97 Å². The number of carbonyl (C=O) groups is 2. The van der Waals surface area contributed by atoms with Crippen LogP contribution >= 0.6 is 11.6 Å². The number of anilines is 1. The maximum absolute atomic E-state index is 12.5. The number of halogens is 1. The van der Waals surface area contributed by atoms with Crippen molar-refractivity contribution in [1.29, 1.82) is 0 Å². The predicted molar refractivity (Wildman–Crippen MR) is 108 cm³/mol. The molecule has 0 atom stereocenters. The molecule has 0 saturated carbocycles. The predicted octanol–water partition coefficient (Wildman–Crippen LogP) is 4.57. The first kappa shape index (κ1) is 19.6.